The number of rotatable bonds is 12. The van der Waals surface area contributed by atoms with Crippen LogP contribution in [-0.2, 0) is 0 Å². The lowest BCUT2D eigenvalue weighted by Gasteiger charge is -2.32. The van der Waals surface area contributed by atoms with Gasteiger partial charge in [0.1, 0.15) is 0 Å². The van der Waals surface area contributed by atoms with Gasteiger partial charge in [0.25, 0.3) is 5.91 Å². The number of thioether (sulfide) groups is 2. The molecule has 5 heteroatoms. The molecule has 3 rings (SSSR count). The van der Waals surface area contributed by atoms with Crippen LogP contribution in [0.3, 0.4) is 0 Å². The first-order chi connectivity index (χ1) is 17.7. The Hall–Kier alpha value is -0.940. The van der Waals surface area contributed by atoms with Gasteiger partial charge < -0.3 is 5.32 Å². The normalized spacial score (nSPS) is 22.8. The molecule has 0 aliphatic heterocycles. The SMILES string of the molecule is CSCC(CSC1CCCC(CC[C@@H](C)C2CCCCC2)C1)C(=O)c1ccc(C(=O)NC(C)(C)C)cc1. The van der Waals surface area contributed by atoms with E-state index in [0.717, 1.165) is 34.8 Å². The smallest absolute Gasteiger partial charge is 0.251 e. The molecule has 0 aromatic heterocycles. The van der Waals surface area contributed by atoms with Crippen molar-refractivity contribution in [1.29, 1.82) is 0 Å². The zero-order chi connectivity index (χ0) is 26.8. The van der Waals surface area contributed by atoms with Crippen molar-refractivity contribution in [2.45, 2.75) is 109 Å². The number of hydrogen-bond acceptors (Lipinski definition) is 4. The van der Waals surface area contributed by atoms with Crippen molar-refractivity contribution in [1.82, 2.24) is 5.32 Å². The van der Waals surface area contributed by atoms with Gasteiger partial charge in [-0.05, 0) is 69.8 Å². The summed E-state index contributed by atoms with van der Waals surface area (Å²) < 4.78 is 0. The molecule has 0 bridgehead atoms. The maximum Gasteiger partial charge on any atom is 0.251 e. The summed E-state index contributed by atoms with van der Waals surface area (Å²) in [4.78, 5) is 25.8. The lowest BCUT2D eigenvalue weighted by molar-refractivity contribution is 0.0914. The Balaban J connectivity index is 1.48. The molecule has 2 fully saturated rings. The highest BCUT2D eigenvalue weighted by atomic mass is 32.2. The average Bonchev–Trinajstić information content (AvgIpc) is 2.89. The second-order valence-electron chi connectivity index (χ2n) is 12.7. The first-order valence-corrected chi connectivity index (χ1v) is 17.2. The molecule has 1 aromatic carbocycles. The summed E-state index contributed by atoms with van der Waals surface area (Å²) in [7, 11) is 0. The van der Waals surface area contributed by atoms with E-state index in [2.05, 4.69) is 30.3 Å². The molecule has 0 radical (unpaired) electrons. The number of carbonyl (C=O) groups excluding carboxylic acids is 2. The Labute approximate surface area is 235 Å². The second kappa shape index (κ2) is 15.0. The van der Waals surface area contributed by atoms with Gasteiger partial charge in [0.2, 0.25) is 0 Å². The number of amides is 1. The van der Waals surface area contributed by atoms with Gasteiger partial charge in [0, 0.05) is 39.3 Å². The Bertz CT molecular complexity index is 841. The van der Waals surface area contributed by atoms with E-state index < -0.39 is 0 Å². The summed E-state index contributed by atoms with van der Waals surface area (Å²) in [6.07, 6.45) is 17.5. The van der Waals surface area contributed by atoms with Gasteiger partial charge >= 0.3 is 0 Å². The number of Topliss-reactive ketones (excluding diaryl/α,β-unsaturated/α-hetero) is 1. The Morgan fingerprint density at radius 1 is 0.946 bits per heavy atom. The molecule has 3 nitrogen and oxygen atoms in total. The van der Waals surface area contributed by atoms with E-state index in [1.165, 1.54) is 70.6 Å². The lowest BCUT2D eigenvalue weighted by atomic mass is 9.76. The monoisotopic (exact) mass is 545 g/mol. The molecule has 1 aromatic rings. The van der Waals surface area contributed by atoms with E-state index in [9.17, 15) is 9.59 Å². The minimum Gasteiger partial charge on any atom is -0.347 e. The Morgan fingerprint density at radius 3 is 2.27 bits per heavy atom. The fourth-order valence-corrected chi connectivity index (χ4v) is 8.52. The molecule has 0 heterocycles. The van der Waals surface area contributed by atoms with Gasteiger partial charge in [-0.1, -0.05) is 76.8 Å². The molecule has 37 heavy (non-hydrogen) atoms. The first kappa shape index (κ1) is 30.6. The number of ketones is 1. The summed E-state index contributed by atoms with van der Waals surface area (Å²) in [6.45, 7) is 8.42. The summed E-state index contributed by atoms with van der Waals surface area (Å²) in [5, 5.41) is 3.69. The summed E-state index contributed by atoms with van der Waals surface area (Å²) in [6, 6.07) is 7.25. The lowest BCUT2D eigenvalue weighted by Crippen LogP contribution is -2.40. The van der Waals surface area contributed by atoms with E-state index in [4.69, 9.17) is 0 Å². The highest BCUT2D eigenvalue weighted by Gasteiger charge is 2.27. The second-order valence-corrected chi connectivity index (χ2v) is 15.0. The van der Waals surface area contributed by atoms with Gasteiger partial charge in [0.15, 0.2) is 5.78 Å². The van der Waals surface area contributed by atoms with Crippen molar-refractivity contribution < 1.29 is 9.59 Å². The quantitative estimate of drug-likeness (QED) is 0.267. The Morgan fingerprint density at radius 2 is 1.62 bits per heavy atom. The van der Waals surface area contributed by atoms with Gasteiger partial charge in [-0.3, -0.25) is 9.59 Å². The maximum atomic E-state index is 13.4. The van der Waals surface area contributed by atoms with Crippen molar-refractivity contribution in [3.8, 4) is 0 Å². The van der Waals surface area contributed by atoms with Crippen LogP contribution < -0.4 is 5.32 Å². The maximum absolute atomic E-state index is 13.4. The number of hydrogen-bond donors (Lipinski definition) is 1. The van der Waals surface area contributed by atoms with E-state index in [1.807, 2.05) is 32.9 Å². The van der Waals surface area contributed by atoms with E-state index >= 15 is 0 Å². The summed E-state index contributed by atoms with van der Waals surface area (Å²) in [5.41, 5.74) is 1.05. The topological polar surface area (TPSA) is 46.2 Å². The van der Waals surface area contributed by atoms with Crippen LogP contribution in [0.5, 0.6) is 0 Å². The van der Waals surface area contributed by atoms with E-state index in [0.29, 0.717) is 10.8 Å². The van der Waals surface area contributed by atoms with Crippen molar-refractivity contribution in [2.75, 3.05) is 17.8 Å². The van der Waals surface area contributed by atoms with Crippen molar-refractivity contribution in [2.24, 2.45) is 23.7 Å². The molecular weight excluding hydrogens is 494 g/mol. The average molecular weight is 546 g/mol. The van der Waals surface area contributed by atoms with Gasteiger partial charge in [-0.15, -0.1) is 0 Å². The van der Waals surface area contributed by atoms with Crippen LogP contribution in [0.15, 0.2) is 24.3 Å². The predicted octanol–water partition coefficient (Wildman–Crippen LogP) is 8.67. The molecule has 2 saturated carbocycles. The zero-order valence-corrected chi connectivity index (χ0v) is 25.7. The van der Waals surface area contributed by atoms with Crippen LogP contribution in [0.1, 0.15) is 119 Å². The van der Waals surface area contributed by atoms with Crippen LogP contribution >= 0.6 is 23.5 Å². The number of carbonyl (C=O) groups is 2. The van der Waals surface area contributed by atoms with Gasteiger partial charge in [-0.25, -0.2) is 0 Å². The molecule has 4 atom stereocenters. The third-order valence-electron chi connectivity index (χ3n) is 8.41. The third-order valence-corrected chi connectivity index (χ3v) is 10.6. The predicted molar refractivity (Wildman–Crippen MR) is 163 cm³/mol. The molecular formula is C32H51NO2S2. The molecule has 1 N–H and O–H groups in total. The molecule has 2 aliphatic rings. The van der Waals surface area contributed by atoms with E-state index in [-0.39, 0.29) is 23.1 Å². The highest BCUT2D eigenvalue weighted by molar-refractivity contribution is 8.00. The van der Waals surface area contributed by atoms with Crippen molar-refractivity contribution in [3.05, 3.63) is 35.4 Å². The summed E-state index contributed by atoms with van der Waals surface area (Å²) >= 11 is 3.81. The van der Waals surface area contributed by atoms with Crippen LogP contribution in [0, 0.1) is 23.7 Å². The third kappa shape index (κ3) is 10.3. The standard InChI is InChI=1S/C32H51NO2S2/c1-23(25-11-7-6-8-12-25)14-15-24-10-9-13-29(20-24)37-22-28(21-36-5)30(34)26-16-18-27(19-17-26)31(35)33-32(2,3)4/h16-19,23-25,28-29H,6-15,20-22H2,1-5H3,(H,33,35)/t23-,24?,28?,29?/m1/s1. The minimum atomic E-state index is -0.280. The number of nitrogens with one attached hydrogen (secondary N) is 1. The van der Waals surface area contributed by atoms with Gasteiger partial charge in [-0.2, -0.15) is 23.5 Å². The Kier molecular flexibility index (Phi) is 12.4. The van der Waals surface area contributed by atoms with E-state index in [1.54, 1.807) is 23.9 Å². The molecule has 1 amide bonds. The van der Waals surface area contributed by atoms with Crippen LogP contribution in [0.2, 0.25) is 0 Å². The molecule has 0 spiro atoms. The minimum absolute atomic E-state index is 0.0287. The molecule has 2 aliphatic carbocycles. The van der Waals surface area contributed by atoms with Crippen LogP contribution in [0.25, 0.3) is 0 Å². The molecule has 0 saturated heterocycles. The number of benzene rings is 1. The zero-order valence-electron chi connectivity index (χ0n) is 24.0. The van der Waals surface area contributed by atoms with Crippen molar-refractivity contribution >= 4 is 35.2 Å². The highest BCUT2D eigenvalue weighted by Crippen LogP contribution is 2.38. The fraction of sp³-hybridized carbons (Fsp3) is 0.750. The van der Waals surface area contributed by atoms with Gasteiger partial charge in [0.05, 0.1) is 0 Å². The first-order valence-electron chi connectivity index (χ1n) is 14.7. The fourth-order valence-electron chi connectivity index (χ4n) is 6.18. The molecule has 3 unspecified atom stereocenters. The largest absolute Gasteiger partial charge is 0.347 e. The van der Waals surface area contributed by atoms with Crippen LogP contribution in [0.4, 0.5) is 0 Å². The molecule has 208 valence electrons. The van der Waals surface area contributed by atoms with Crippen molar-refractivity contribution in [3.63, 3.8) is 0 Å². The van der Waals surface area contributed by atoms with Crippen LogP contribution in [-0.4, -0.2) is 40.2 Å². The summed E-state index contributed by atoms with van der Waals surface area (Å²) in [5.74, 6) is 4.65.